The number of hydrogen-bond donors (Lipinski definition) is 1. The van der Waals surface area contributed by atoms with Gasteiger partial charge in [0, 0.05) is 11.1 Å². The van der Waals surface area contributed by atoms with Gasteiger partial charge in [-0.05, 0) is 18.2 Å². The summed E-state index contributed by atoms with van der Waals surface area (Å²) in [6.07, 6.45) is 0. The van der Waals surface area contributed by atoms with E-state index in [-0.39, 0.29) is 16.1 Å². The third-order valence-electron chi connectivity index (χ3n) is 2.53. The highest BCUT2D eigenvalue weighted by Crippen LogP contribution is 2.32. The van der Waals surface area contributed by atoms with Crippen LogP contribution in [-0.2, 0) is 0 Å². The van der Waals surface area contributed by atoms with E-state index in [0.717, 1.165) is 6.07 Å². The predicted molar refractivity (Wildman–Crippen MR) is 63.7 cm³/mol. The molecule has 0 aromatic heterocycles. The molecule has 2 aromatic carbocycles. The Labute approximate surface area is 111 Å². The van der Waals surface area contributed by atoms with E-state index in [1.165, 1.54) is 12.1 Å². The zero-order chi connectivity index (χ0) is 14.2. The molecule has 0 unspecified atom stereocenters. The van der Waals surface area contributed by atoms with E-state index in [4.69, 9.17) is 16.7 Å². The Morgan fingerprint density at radius 1 is 1.00 bits per heavy atom. The molecule has 2 aromatic rings. The highest BCUT2D eigenvalue weighted by molar-refractivity contribution is 6.33. The minimum atomic E-state index is -1.59. The van der Waals surface area contributed by atoms with Crippen molar-refractivity contribution in [2.24, 2.45) is 0 Å². The van der Waals surface area contributed by atoms with Crippen molar-refractivity contribution in [3.8, 4) is 11.1 Å². The lowest BCUT2D eigenvalue weighted by Crippen LogP contribution is -2.02. The molecular weight excluding hydrogens is 281 g/mol. The molecule has 6 heteroatoms. The lowest BCUT2D eigenvalue weighted by atomic mass is 10.0. The Hall–Kier alpha value is -2.01. The summed E-state index contributed by atoms with van der Waals surface area (Å²) in [7, 11) is 0. The number of rotatable bonds is 2. The van der Waals surface area contributed by atoms with Crippen molar-refractivity contribution < 1.29 is 23.1 Å². The van der Waals surface area contributed by atoms with Gasteiger partial charge in [-0.25, -0.2) is 18.0 Å². The quantitative estimate of drug-likeness (QED) is 0.901. The van der Waals surface area contributed by atoms with Crippen LogP contribution in [0.5, 0.6) is 0 Å². The molecule has 0 fully saturated rings. The smallest absolute Gasteiger partial charge is 0.338 e. The van der Waals surface area contributed by atoms with Crippen LogP contribution < -0.4 is 0 Å². The fourth-order valence-electron chi connectivity index (χ4n) is 1.63. The van der Waals surface area contributed by atoms with Crippen molar-refractivity contribution in [1.82, 2.24) is 0 Å². The summed E-state index contributed by atoms with van der Waals surface area (Å²) in [6, 6.07) is 4.89. The Kier molecular flexibility index (Phi) is 3.48. The fraction of sp³-hybridized carbons (Fsp3) is 0. The van der Waals surface area contributed by atoms with Gasteiger partial charge in [0.1, 0.15) is 17.5 Å². The third kappa shape index (κ3) is 2.42. The molecule has 2 rings (SSSR count). The third-order valence-corrected chi connectivity index (χ3v) is 2.91. The van der Waals surface area contributed by atoms with Crippen molar-refractivity contribution in [2.45, 2.75) is 0 Å². The number of carboxylic acids is 1. The molecule has 19 heavy (non-hydrogen) atoms. The average Bonchev–Trinajstić information content (AvgIpc) is 2.35. The van der Waals surface area contributed by atoms with E-state index >= 15 is 0 Å². The van der Waals surface area contributed by atoms with Crippen LogP contribution >= 0.6 is 11.6 Å². The number of carboxylic acid groups (broad SMARTS) is 1. The van der Waals surface area contributed by atoms with E-state index in [0.29, 0.717) is 12.1 Å². The van der Waals surface area contributed by atoms with Crippen LogP contribution in [0, 0.1) is 17.5 Å². The molecule has 0 aliphatic rings. The van der Waals surface area contributed by atoms with Crippen molar-refractivity contribution in [2.75, 3.05) is 0 Å². The molecular formula is C13H6ClF3O2. The van der Waals surface area contributed by atoms with Crippen LogP contribution in [0.25, 0.3) is 11.1 Å². The molecule has 0 spiro atoms. The molecule has 0 saturated carbocycles. The van der Waals surface area contributed by atoms with E-state index < -0.39 is 29.0 Å². The number of halogens is 4. The Bertz CT molecular complexity index is 671. The van der Waals surface area contributed by atoms with Crippen LogP contribution in [-0.4, -0.2) is 11.1 Å². The molecule has 2 nitrogen and oxygen atoms in total. The number of carbonyl (C=O) groups is 1. The first-order chi connectivity index (χ1) is 8.91. The number of benzene rings is 2. The highest BCUT2D eigenvalue weighted by Gasteiger charge is 2.18. The Morgan fingerprint density at radius 2 is 1.68 bits per heavy atom. The Balaban J connectivity index is 2.67. The molecule has 0 heterocycles. The summed E-state index contributed by atoms with van der Waals surface area (Å²) < 4.78 is 40.6. The van der Waals surface area contributed by atoms with E-state index in [9.17, 15) is 18.0 Å². The van der Waals surface area contributed by atoms with E-state index in [2.05, 4.69) is 0 Å². The van der Waals surface area contributed by atoms with Crippen LogP contribution in [0.1, 0.15) is 10.4 Å². The molecule has 0 aliphatic carbocycles. The second-order valence-corrected chi connectivity index (χ2v) is 4.10. The first-order valence-corrected chi connectivity index (χ1v) is 5.46. The SMILES string of the molecule is O=C(O)c1cc(F)c(-c2cccc(F)c2Cl)cc1F. The van der Waals surface area contributed by atoms with Gasteiger partial charge in [-0.3, -0.25) is 0 Å². The summed E-state index contributed by atoms with van der Waals surface area (Å²) in [4.78, 5) is 10.7. The lowest BCUT2D eigenvalue weighted by molar-refractivity contribution is 0.0691. The maximum atomic E-state index is 13.8. The van der Waals surface area contributed by atoms with E-state index in [1.54, 1.807) is 0 Å². The van der Waals surface area contributed by atoms with Gasteiger partial charge in [0.25, 0.3) is 0 Å². The minimum absolute atomic E-state index is 0.0463. The summed E-state index contributed by atoms with van der Waals surface area (Å²) >= 11 is 5.67. The van der Waals surface area contributed by atoms with Gasteiger partial charge in [-0.1, -0.05) is 23.7 Å². The Morgan fingerprint density at radius 3 is 2.32 bits per heavy atom. The molecule has 0 saturated heterocycles. The molecule has 0 aliphatic heterocycles. The monoisotopic (exact) mass is 286 g/mol. The highest BCUT2D eigenvalue weighted by atomic mass is 35.5. The molecule has 98 valence electrons. The van der Waals surface area contributed by atoms with Crippen molar-refractivity contribution in [3.05, 3.63) is 58.4 Å². The first kappa shape index (κ1) is 13.4. The zero-order valence-corrected chi connectivity index (χ0v) is 10.0. The maximum Gasteiger partial charge on any atom is 0.338 e. The van der Waals surface area contributed by atoms with Gasteiger partial charge in [0.05, 0.1) is 10.6 Å². The molecule has 0 atom stereocenters. The summed E-state index contributed by atoms with van der Waals surface area (Å²) in [5.74, 6) is -4.48. The van der Waals surface area contributed by atoms with Gasteiger partial charge in [-0.15, -0.1) is 0 Å². The summed E-state index contributed by atoms with van der Waals surface area (Å²) in [5, 5.41) is 8.30. The van der Waals surface area contributed by atoms with Crippen molar-refractivity contribution >= 4 is 17.6 Å². The molecule has 0 radical (unpaired) electrons. The van der Waals surface area contributed by atoms with Gasteiger partial charge < -0.3 is 5.11 Å². The second-order valence-electron chi connectivity index (χ2n) is 3.72. The number of aromatic carboxylic acids is 1. The molecule has 0 amide bonds. The van der Waals surface area contributed by atoms with Crippen molar-refractivity contribution in [3.63, 3.8) is 0 Å². The number of hydrogen-bond acceptors (Lipinski definition) is 1. The standard InChI is InChI=1S/C13H6ClF3O2/c14-12-6(2-1-3-9(12)15)7-4-11(17)8(13(18)19)5-10(7)16/h1-5H,(H,18,19). The van der Waals surface area contributed by atoms with Crippen LogP contribution in [0.4, 0.5) is 13.2 Å². The predicted octanol–water partition coefficient (Wildman–Crippen LogP) is 4.12. The lowest BCUT2D eigenvalue weighted by Gasteiger charge is -2.08. The topological polar surface area (TPSA) is 37.3 Å². The van der Waals surface area contributed by atoms with Gasteiger partial charge >= 0.3 is 5.97 Å². The summed E-state index contributed by atoms with van der Waals surface area (Å²) in [5.41, 5.74) is -1.14. The van der Waals surface area contributed by atoms with Crippen molar-refractivity contribution in [1.29, 1.82) is 0 Å². The fourth-order valence-corrected chi connectivity index (χ4v) is 1.86. The normalized spacial score (nSPS) is 10.5. The second kappa shape index (κ2) is 4.93. The first-order valence-electron chi connectivity index (χ1n) is 5.08. The average molecular weight is 287 g/mol. The summed E-state index contributed by atoms with van der Waals surface area (Å²) in [6.45, 7) is 0. The largest absolute Gasteiger partial charge is 0.478 e. The van der Waals surface area contributed by atoms with Gasteiger partial charge in [-0.2, -0.15) is 0 Å². The van der Waals surface area contributed by atoms with E-state index in [1.807, 2.05) is 0 Å². The molecule has 0 bridgehead atoms. The van der Waals surface area contributed by atoms with Crippen LogP contribution in [0.2, 0.25) is 5.02 Å². The van der Waals surface area contributed by atoms with Crippen LogP contribution in [0.3, 0.4) is 0 Å². The minimum Gasteiger partial charge on any atom is -0.478 e. The zero-order valence-electron chi connectivity index (χ0n) is 9.25. The molecule has 1 N–H and O–H groups in total. The van der Waals surface area contributed by atoms with Crippen LogP contribution in [0.15, 0.2) is 30.3 Å². The van der Waals surface area contributed by atoms with Gasteiger partial charge in [0.15, 0.2) is 0 Å². The maximum absolute atomic E-state index is 13.8. The van der Waals surface area contributed by atoms with Gasteiger partial charge in [0.2, 0.25) is 0 Å².